The lowest BCUT2D eigenvalue weighted by molar-refractivity contribution is 0.394. The van der Waals surface area contributed by atoms with Gasteiger partial charge in [0, 0.05) is 5.92 Å². The van der Waals surface area contributed by atoms with Crippen LogP contribution in [0, 0.1) is 10.8 Å². The van der Waals surface area contributed by atoms with Crippen LogP contribution >= 0.6 is 0 Å². The van der Waals surface area contributed by atoms with Gasteiger partial charge in [-0.25, -0.2) is 0 Å². The smallest absolute Gasteiger partial charge is 0.118 e. The number of phenolic OH excluding ortho intramolecular Hbond substituents is 2. The zero-order chi connectivity index (χ0) is 19.7. The van der Waals surface area contributed by atoms with Gasteiger partial charge in [-0.3, -0.25) is 0 Å². The van der Waals surface area contributed by atoms with Gasteiger partial charge in [0.25, 0.3) is 0 Å². The summed E-state index contributed by atoms with van der Waals surface area (Å²) in [5, 5.41) is 20.5. The summed E-state index contributed by atoms with van der Waals surface area (Å²) in [5.74, 6) is 0.943. The topological polar surface area (TPSA) is 40.5 Å². The van der Waals surface area contributed by atoms with E-state index in [0.717, 1.165) is 24.0 Å². The van der Waals surface area contributed by atoms with Crippen molar-refractivity contribution < 1.29 is 10.2 Å². The summed E-state index contributed by atoms with van der Waals surface area (Å²) < 4.78 is 0. The van der Waals surface area contributed by atoms with Crippen LogP contribution in [0.15, 0.2) is 36.4 Å². The summed E-state index contributed by atoms with van der Waals surface area (Å²) in [6, 6.07) is 11.9. The molecule has 2 heteroatoms. The van der Waals surface area contributed by atoms with Crippen molar-refractivity contribution in [3.8, 4) is 11.5 Å². The molecule has 0 aliphatic carbocycles. The summed E-state index contributed by atoms with van der Waals surface area (Å²) >= 11 is 0. The maximum absolute atomic E-state index is 10.2. The summed E-state index contributed by atoms with van der Waals surface area (Å²) in [6.07, 6.45) is 1.68. The number of aromatic hydroxyl groups is 2. The molecule has 142 valence electrons. The van der Waals surface area contributed by atoms with Crippen molar-refractivity contribution in [3.63, 3.8) is 0 Å². The first kappa shape index (κ1) is 20.4. The van der Waals surface area contributed by atoms with E-state index in [2.05, 4.69) is 60.6 Å². The third-order valence-electron chi connectivity index (χ3n) is 4.65. The zero-order valence-electron chi connectivity index (χ0n) is 17.4. The Bertz CT molecular complexity index is 695. The second-order valence-corrected chi connectivity index (χ2v) is 9.97. The highest BCUT2D eigenvalue weighted by Crippen LogP contribution is 2.34. The van der Waals surface area contributed by atoms with E-state index in [-0.39, 0.29) is 16.7 Å². The average Bonchev–Trinajstić information content (AvgIpc) is 2.48. The van der Waals surface area contributed by atoms with E-state index >= 15 is 0 Å². The SMILES string of the molecule is CC(c1ccc(O)c(CC(C)(C)C)c1)c1ccc(O)c(CC(C)(C)C)c1. The second-order valence-electron chi connectivity index (χ2n) is 9.97. The molecule has 0 aromatic heterocycles. The Morgan fingerprint density at radius 1 is 0.692 bits per heavy atom. The van der Waals surface area contributed by atoms with Crippen LogP contribution in [-0.2, 0) is 12.8 Å². The van der Waals surface area contributed by atoms with Crippen LogP contribution in [0.2, 0.25) is 0 Å². The summed E-state index contributed by atoms with van der Waals surface area (Å²) in [6.45, 7) is 15.3. The fourth-order valence-corrected chi connectivity index (χ4v) is 3.37. The van der Waals surface area contributed by atoms with Gasteiger partial charge in [-0.2, -0.15) is 0 Å². The third-order valence-corrected chi connectivity index (χ3v) is 4.65. The second kappa shape index (κ2) is 7.34. The first-order valence-corrected chi connectivity index (χ1v) is 9.49. The Balaban J connectivity index is 2.36. The van der Waals surface area contributed by atoms with Gasteiger partial charge >= 0.3 is 0 Å². The Morgan fingerprint density at radius 3 is 1.35 bits per heavy atom. The van der Waals surface area contributed by atoms with E-state index in [1.165, 1.54) is 11.1 Å². The van der Waals surface area contributed by atoms with E-state index < -0.39 is 0 Å². The molecule has 0 aliphatic rings. The van der Waals surface area contributed by atoms with Crippen LogP contribution in [0.5, 0.6) is 11.5 Å². The van der Waals surface area contributed by atoms with Crippen LogP contribution in [0.3, 0.4) is 0 Å². The summed E-state index contributed by atoms with van der Waals surface area (Å²) in [5.41, 5.74) is 4.62. The Labute approximate surface area is 158 Å². The standard InChI is InChI=1S/C24H34O2/c1-16(17-8-10-21(25)19(12-17)14-23(2,3)4)18-9-11-22(26)20(13-18)15-24(5,6)7/h8-13,16,25-26H,14-15H2,1-7H3. The molecule has 2 nitrogen and oxygen atoms in total. The van der Waals surface area contributed by atoms with Gasteiger partial charge in [-0.05, 0) is 58.1 Å². The van der Waals surface area contributed by atoms with E-state index in [1.54, 1.807) is 0 Å². The van der Waals surface area contributed by atoms with Crippen molar-refractivity contribution in [2.24, 2.45) is 10.8 Å². The highest BCUT2D eigenvalue weighted by Gasteiger charge is 2.19. The molecule has 0 fully saturated rings. The fraction of sp³-hybridized carbons (Fsp3) is 0.500. The molecule has 26 heavy (non-hydrogen) atoms. The third kappa shape index (κ3) is 5.52. The Hall–Kier alpha value is -1.96. The summed E-state index contributed by atoms with van der Waals surface area (Å²) in [7, 11) is 0. The van der Waals surface area contributed by atoms with Crippen molar-refractivity contribution in [1.29, 1.82) is 0 Å². The van der Waals surface area contributed by atoms with Crippen LogP contribution in [-0.4, -0.2) is 10.2 Å². The minimum atomic E-state index is 0.123. The van der Waals surface area contributed by atoms with Crippen molar-refractivity contribution in [3.05, 3.63) is 58.7 Å². The molecular formula is C24H34O2. The van der Waals surface area contributed by atoms with Gasteiger partial charge in [-0.1, -0.05) is 72.7 Å². The lowest BCUT2D eigenvalue weighted by atomic mass is 9.83. The molecule has 2 aromatic rings. The highest BCUT2D eigenvalue weighted by atomic mass is 16.3. The number of phenols is 2. The van der Waals surface area contributed by atoms with Gasteiger partial charge < -0.3 is 10.2 Å². The van der Waals surface area contributed by atoms with E-state index in [4.69, 9.17) is 0 Å². The number of hydrogen-bond acceptors (Lipinski definition) is 2. The first-order chi connectivity index (χ1) is 11.9. The molecule has 2 rings (SSSR count). The highest BCUT2D eigenvalue weighted by molar-refractivity contribution is 5.44. The van der Waals surface area contributed by atoms with Crippen LogP contribution in [0.4, 0.5) is 0 Å². The predicted molar refractivity (Wildman–Crippen MR) is 110 cm³/mol. The predicted octanol–water partition coefficient (Wildman–Crippen LogP) is 6.43. The van der Waals surface area contributed by atoms with Crippen LogP contribution in [0.1, 0.15) is 76.6 Å². The molecule has 2 aromatic carbocycles. The van der Waals surface area contributed by atoms with Crippen molar-refractivity contribution in [1.82, 2.24) is 0 Å². The van der Waals surface area contributed by atoms with Gasteiger partial charge in [-0.15, -0.1) is 0 Å². The van der Waals surface area contributed by atoms with Crippen LogP contribution < -0.4 is 0 Å². The molecule has 0 spiro atoms. The minimum Gasteiger partial charge on any atom is -0.508 e. The normalized spacial score (nSPS) is 12.6. The lowest BCUT2D eigenvalue weighted by Crippen LogP contribution is -2.10. The molecular weight excluding hydrogens is 320 g/mol. The lowest BCUT2D eigenvalue weighted by Gasteiger charge is -2.22. The molecule has 0 atom stereocenters. The number of rotatable bonds is 4. The van der Waals surface area contributed by atoms with Gasteiger partial charge in [0.05, 0.1) is 0 Å². The largest absolute Gasteiger partial charge is 0.508 e. The molecule has 0 saturated carbocycles. The van der Waals surface area contributed by atoms with Gasteiger partial charge in [0.2, 0.25) is 0 Å². The van der Waals surface area contributed by atoms with Crippen molar-refractivity contribution in [2.45, 2.75) is 67.2 Å². The minimum absolute atomic E-state index is 0.123. The Morgan fingerprint density at radius 2 is 1.04 bits per heavy atom. The van der Waals surface area contributed by atoms with Crippen LogP contribution in [0.25, 0.3) is 0 Å². The van der Waals surface area contributed by atoms with E-state index in [1.807, 2.05) is 24.3 Å². The quantitative estimate of drug-likeness (QED) is 0.664. The summed E-state index contributed by atoms with van der Waals surface area (Å²) in [4.78, 5) is 0. The fourth-order valence-electron chi connectivity index (χ4n) is 3.37. The molecule has 0 saturated heterocycles. The maximum atomic E-state index is 10.2. The van der Waals surface area contributed by atoms with Crippen molar-refractivity contribution >= 4 is 0 Å². The number of hydrogen-bond donors (Lipinski definition) is 2. The molecule has 0 radical (unpaired) electrons. The Kier molecular flexibility index (Phi) is 5.75. The molecule has 0 bridgehead atoms. The maximum Gasteiger partial charge on any atom is 0.118 e. The number of benzene rings is 2. The van der Waals surface area contributed by atoms with Gasteiger partial charge in [0.1, 0.15) is 11.5 Å². The average molecular weight is 355 g/mol. The monoisotopic (exact) mass is 354 g/mol. The molecule has 0 amide bonds. The molecule has 0 aliphatic heterocycles. The molecule has 2 N–H and O–H groups in total. The molecule has 0 unspecified atom stereocenters. The van der Waals surface area contributed by atoms with Crippen molar-refractivity contribution in [2.75, 3.05) is 0 Å². The molecule has 0 heterocycles. The van der Waals surface area contributed by atoms with E-state index in [9.17, 15) is 10.2 Å². The van der Waals surface area contributed by atoms with Gasteiger partial charge in [0.15, 0.2) is 0 Å². The van der Waals surface area contributed by atoms with E-state index in [0.29, 0.717) is 11.5 Å². The first-order valence-electron chi connectivity index (χ1n) is 9.49. The zero-order valence-corrected chi connectivity index (χ0v) is 17.4.